The van der Waals surface area contributed by atoms with E-state index < -0.39 is 19.6 Å². The highest BCUT2D eigenvalue weighted by molar-refractivity contribution is 7.89. The van der Waals surface area contributed by atoms with E-state index in [-0.39, 0.29) is 0 Å². The van der Waals surface area contributed by atoms with E-state index in [9.17, 15) is 8.42 Å². The molecule has 0 atom stereocenters. The first kappa shape index (κ1) is 11.3. The van der Waals surface area contributed by atoms with E-state index in [1.807, 2.05) is 0 Å². The van der Waals surface area contributed by atoms with Crippen molar-refractivity contribution in [1.29, 1.82) is 0 Å². The van der Waals surface area contributed by atoms with Crippen molar-refractivity contribution in [3.63, 3.8) is 0 Å². The Hall–Kier alpha value is 0.260. The average Bonchev–Trinajstić information content (AvgIpc) is 1.58. The largest absolute Gasteiger partial charge is 0.285 e. The van der Waals surface area contributed by atoms with Gasteiger partial charge in [-0.1, -0.05) is 0 Å². The molecular formula is C6H14O3S2. The van der Waals surface area contributed by atoms with E-state index >= 15 is 0 Å². The molecular weight excluding hydrogens is 184 g/mol. The average molecular weight is 198 g/mol. The van der Waals surface area contributed by atoms with Gasteiger partial charge >= 0.3 is 0 Å². The van der Waals surface area contributed by atoms with Crippen LogP contribution in [0, 0.1) is 0 Å². The van der Waals surface area contributed by atoms with Crippen molar-refractivity contribution in [3.05, 3.63) is 0 Å². The van der Waals surface area contributed by atoms with Crippen molar-refractivity contribution in [2.45, 2.75) is 37.2 Å². The lowest BCUT2D eigenvalue weighted by atomic mass is 9.98. The van der Waals surface area contributed by atoms with Crippen LogP contribution >= 0.6 is 12.6 Å². The van der Waals surface area contributed by atoms with Gasteiger partial charge in [0.2, 0.25) is 0 Å². The fraction of sp³-hybridized carbons (Fsp3) is 1.00. The zero-order valence-corrected chi connectivity index (χ0v) is 8.83. The fourth-order valence-electron chi connectivity index (χ4n) is 0.316. The number of rotatable bonds is 2. The van der Waals surface area contributed by atoms with Crippen molar-refractivity contribution in [3.8, 4) is 0 Å². The Balaban J connectivity index is 5.08. The summed E-state index contributed by atoms with van der Waals surface area (Å²) < 4.78 is 28.4. The van der Waals surface area contributed by atoms with Gasteiger partial charge < -0.3 is 0 Å². The molecule has 0 aromatic heterocycles. The van der Waals surface area contributed by atoms with Crippen LogP contribution in [-0.2, 0) is 10.1 Å². The zero-order valence-electron chi connectivity index (χ0n) is 7.12. The highest BCUT2D eigenvalue weighted by Crippen LogP contribution is 2.33. The summed E-state index contributed by atoms with van der Waals surface area (Å²) in [5.74, 6) is 0. The molecule has 0 aromatic carbocycles. The van der Waals surface area contributed by atoms with Crippen LogP contribution in [0.5, 0.6) is 0 Å². The normalized spacial score (nSPS) is 15.1. The molecule has 0 fully saturated rings. The Labute approximate surface area is 73.3 Å². The second-order valence-corrected chi connectivity index (χ2v) is 6.63. The molecule has 0 aliphatic carbocycles. The third-order valence-corrected chi connectivity index (χ3v) is 4.63. The lowest BCUT2D eigenvalue weighted by Gasteiger charge is -2.34. The molecule has 0 saturated carbocycles. The van der Waals surface area contributed by atoms with Crippen LogP contribution in [0.1, 0.15) is 27.7 Å². The van der Waals surface area contributed by atoms with Gasteiger partial charge in [-0.05, 0) is 27.7 Å². The van der Waals surface area contributed by atoms with Crippen LogP contribution in [0.2, 0.25) is 0 Å². The molecule has 68 valence electrons. The topological polar surface area (TPSA) is 54.4 Å². The summed E-state index contributed by atoms with van der Waals surface area (Å²) in [6, 6.07) is 0. The van der Waals surface area contributed by atoms with Gasteiger partial charge in [-0.3, -0.25) is 4.55 Å². The van der Waals surface area contributed by atoms with Crippen molar-refractivity contribution in [2.75, 3.05) is 0 Å². The zero-order chi connectivity index (χ0) is 9.50. The van der Waals surface area contributed by atoms with Gasteiger partial charge in [-0.2, -0.15) is 21.0 Å². The Morgan fingerprint density at radius 3 is 1.45 bits per heavy atom. The third kappa shape index (κ3) is 2.10. The Morgan fingerprint density at radius 1 is 1.18 bits per heavy atom. The third-order valence-electron chi connectivity index (χ3n) is 2.12. The van der Waals surface area contributed by atoms with Crippen LogP contribution in [0.25, 0.3) is 0 Å². The van der Waals surface area contributed by atoms with E-state index in [2.05, 4.69) is 12.6 Å². The fourth-order valence-corrected chi connectivity index (χ4v) is 1.29. The standard InChI is InChI=1S/C6H14O3S2/c1-5(2,10)6(3,4)11(7,8)9/h10H,1-4H3,(H,7,8,9). The predicted octanol–water partition coefficient (Wildman–Crippen LogP) is 1.36. The van der Waals surface area contributed by atoms with Crippen LogP contribution in [0.15, 0.2) is 0 Å². The summed E-state index contributed by atoms with van der Waals surface area (Å²) >= 11 is 4.09. The van der Waals surface area contributed by atoms with Gasteiger partial charge in [0, 0.05) is 4.75 Å². The minimum atomic E-state index is -4.04. The maximum Gasteiger partial charge on any atom is 0.271 e. The van der Waals surface area contributed by atoms with Crippen molar-refractivity contribution < 1.29 is 13.0 Å². The molecule has 3 nitrogen and oxygen atoms in total. The summed E-state index contributed by atoms with van der Waals surface area (Å²) in [5.41, 5.74) is 0. The number of thiol groups is 1. The summed E-state index contributed by atoms with van der Waals surface area (Å²) in [7, 11) is -4.04. The Bertz CT molecular complexity index is 233. The molecule has 5 heteroatoms. The molecule has 0 aliphatic heterocycles. The van der Waals surface area contributed by atoms with Crippen molar-refractivity contribution in [2.24, 2.45) is 0 Å². The van der Waals surface area contributed by atoms with Gasteiger partial charge in [0.15, 0.2) is 0 Å². The SMILES string of the molecule is CC(C)(S)C(C)(C)S(=O)(=O)O. The van der Waals surface area contributed by atoms with Gasteiger partial charge in [0.1, 0.15) is 4.75 Å². The molecule has 0 unspecified atom stereocenters. The lowest BCUT2D eigenvalue weighted by molar-refractivity contribution is 0.412. The van der Waals surface area contributed by atoms with Gasteiger partial charge in [0.05, 0.1) is 0 Å². The number of hydrogen-bond donors (Lipinski definition) is 2. The second kappa shape index (κ2) is 2.64. The maximum absolute atomic E-state index is 10.8. The minimum absolute atomic E-state index is 0.763. The predicted molar refractivity (Wildman–Crippen MR) is 48.7 cm³/mol. The first-order valence-electron chi connectivity index (χ1n) is 3.19. The molecule has 0 rings (SSSR count). The maximum atomic E-state index is 10.8. The van der Waals surface area contributed by atoms with Crippen LogP contribution < -0.4 is 0 Å². The molecule has 11 heavy (non-hydrogen) atoms. The first-order chi connectivity index (χ1) is 4.50. The number of hydrogen-bond acceptors (Lipinski definition) is 3. The van der Waals surface area contributed by atoms with E-state index in [0.717, 1.165) is 0 Å². The molecule has 1 N–H and O–H groups in total. The van der Waals surface area contributed by atoms with Gasteiger partial charge in [-0.25, -0.2) is 0 Å². The Morgan fingerprint density at radius 2 is 1.45 bits per heavy atom. The quantitative estimate of drug-likeness (QED) is 0.520. The van der Waals surface area contributed by atoms with Crippen LogP contribution in [0.4, 0.5) is 0 Å². The van der Waals surface area contributed by atoms with E-state index in [1.54, 1.807) is 13.8 Å². The van der Waals surface area contributed by atoms with Crippen LogP contribution in [-0.4, -0.2) is 22.5 Å². The highest BCUT2D eigenvalue weighted by Gasteiger charge is 2.44. The Kier molecular flexibility index (Phi) is 2.70. The minimum Gasteiger partial charge on any atom is -0.285 e. The van der Waals surface area contributed by atoms with Gasteiger partial charge in [0.25, 0.3) is 10.1 Å². The van der Waals surface area contributed by atoms with Crippen molar-refractivity contribution in [1.82, 2.24) is 0 Å². The molecule has 0 heterocycles. The molecule has 0 amide bonds. The summed E-state index contributed by atoms with van der Waals surface area (Å²) in [6.45, 7) is 6.17. The van der Waals surface area contributed by atoms with E-state index in [1.165, 1.54) is 13.8 Å². The first-order valence-corrected chi connectivity index (χ1v) is 5.08. The summed E-state index contributed by atoms with van der Waals surface area (Å²) in [6.07, 6.45) is 0. The molecule has 0 bridgehead atoms. The molecule has 0 aliphatic rings. The molecule has 0 saturated heterocycles. The smallest absolute Gasteiger partial charge is 0.271 e. The van der Waals surface area contributed by atoms with E-state index in [4.69, 9.17) is 4.55 Å². The summed E-state index contributed by atoms with van der Waals surface area (Å²) in [4.78, 5) is 0. The van der Waals surface area contributed by atoms with Crippen molar-refractivity contribution >= 4 is 22.7 Å². The monoisotopic (exact) mass is 198 g/mol. The second-order valence-electron chi connectivity index (χ2n) is 3.54. The highest BCUT2D eigenvalue weighted by atomic mass is 32.2. The van der Waals surface area contributed by atoms with E-state index in [0.29, 0.717) is 0 Å². The summed E-state index contributed by atoms with van der Waals surface area (Å²) in [5, 5.41) is 0. The molecule has 0 radical (unpaired) electrons. The van der Waals surface area contributed by atoms with Crippen LogP contribution in [0.3, 0.4) is 0 Å². The lowest BCUT2D eigenvalue weighted by Crippen LogP contribution is -2.47. The molecule has 0 aromatic rings. The molecule has 0 spiro atoms. The van der Waals surface area contributed by atoms with Gasteiger partial charge in [-0.15, -0.1) is 0 Å².